The molecule has 9 nitrogen and oxygen atoms in total. The molecule has 0 saturated carbocycles. The van der Waals surface area contributed by atoms with Gasteiger partial charge < -0.3 is 10.1 Å². The quantitative estimate of drug-likeness (QED) is 0.395. The van der Waals surface area contributed by atoms with Crippen LogP contribution < -0.4 is 5.43 Å². The summed E-state index contributed by atoms with van der Waals surface area (Å²) in [5.41, 5.74) is 3.70. The molecule has 1 aromatic carbocycles. The van der Waals surface area contributed by atoms with Crippen LogP contribution in [-0.4, -0.2) is 30.9 Å². The number of nitrogens with one attached hydrogen (secondary N) is 1. The number of nitrogens with zero attached hydrogens (tertiary/aromatic N) is 6. The van der Waals surface area contributed by atoms with Crippen LogP contribution in [0.2, 0.25) is 0 Å². The number of hydrazone groups is 1. The van der Waals surface area contributed by atoms with Gasteiger partial charge in [-0.25, -0.2) is 9.55 Å². The highest BCUT2D eigenvalue weighted by atomic mass is 79.9. The lowest BCUT2D eigenvalue weighted by Gasteiger charge is -1.95. The Labute approximate surface area is 148 Å². The first-order valence-corrected chi connectivity index (χ1v) is 8.20. The minimum absolute atomic E-state index is 0.109. The highest BCUT2D eigenvalue weighted by Crippen LogP contribution is 2.27. The van der Waals surface area contributed by atoms with Crippen LogP contribution in [0, 0.1) is 10.1 Å². The highest BCUT2D eigenvalue weighted by Gasteiger charge is 2.21. The molecule has 122 valence electrons. The molecule has 3 aromatic rings. The summed E-state index contributed by atoms with van der Waals surface area (Å²) in [6, 6.07) is 7.66. The van der Waals surface area contributed by atoms with E-state index in [-0.39, 0.29) is 5.82 Å². The highest BCUT2D eigenvalue weighted by molar-refractivity contribution is 9.10. The van der Waals surface area contributed by atoms with Crippen molar-refractivity contribution in [3.63, 3.8) is 0 Å². The molecule has 0 saturated heterocycles. The van der Waals surface area contributed by atoms with Crippen LogP contribution in [0.1, 0.15) is 5.56 Å². The van der Waals surface area contributed by atoms with E-state index in [1.807, 2.05) is 24.3 Å². The third-order valence-electron chi connectivity index (χ3n) is 2.99. The van der Waals surface area contributed by atoms with Crippen LogP contribution in [0.5, 0.6) is 0 Å². The van der Waals surface area contributed by atoms with Gasteiger partial charge >= 0.3 is 5.82 Å². The molecule has 2 heterocycles. The van der Waals surface area contributed by atoms with Crippen molar-refractivity contribution in [1.29, 1.82) is 0 Å². The second kappa shape index (κ2) is 6.84. The van der Waals surface area contributed by atoms with Gasteiger partial charge in [0.15, 0.2) is 0 Å². The van der Waals surface area contributed by atoms with Gasteiger partial charge in [0.2, 0.25) is 10.1 Å². The molecule has 0 aliphatic carbocycles. The Balaban J connectivity index is 1.73. The average Bonchev–Trinajstić information content (AvgIpc) is 3.14. The number of hydrogen-bond donors (Lipinski definition) is 1. The number of benzene rings is 1. The Morgan fingerprint density at radius 3 is 3.00 bits per heavy atom. The Morgan fingerprint density at radius 1 is 1.46 bits per heavy atom. The van der Waals surface area contributed by atoms with E-state index >= 15 is 0 Å². The van der Waals surface area contributed by atoms with Crippen molar-refractivity contribution in [2.45, 2.75) is 0 Å². The molecular weight excluding hydrogens is 398 g/mol. The van der Waals surface area contributed by atoms with Gasteiger partial charge in [-0.05, 0) is 22.6 Å². The molecule has 0 atom stereocenters. The summed E-state index contributed by atoms with van der Waals surface area (Å²) in [7, 11) is 1.56. The smallest absolute Gasteiger partial charge is 0.342 e. The Morgan fingerprint density at radius 2 is 2.29 bits per heavy atom. The zero-order valence-electron chi connectivity index (χ0n) is 12.3. The first kappa shape index (κ1) is 16.2. The summed E-state index contributed by atoms with van der Waals surface area (Å²) in [6.07, 6.45) is 2.84. The van der Waals surface area contributed by atoms with E-state index in [1.54, 1.807) is 13.3 Å². The number of nitro groups is 1. The summed E-state index contributed by atoms with van der Waals surface area (Å²) < 4.78 is 2.32. The zero-order chi connectivity index (χ0) is 17.1. The van der Waals surface area contributed by atoms with Gasteiger partial charge in [0, 0.05) is 4.47 Å². The fourth-order valence-electron chi connectivity index (χ4n) is 1.88. The lowest BCUT2D eigenvalue weighted by atomic mass is 10.2. The van der Waals surface area contributed by atoms with E-state index in [9.17, 15) is 10.1 Å². The predicted molar refractivity (Wildman–Crippen MR) is 94.1 cm³/mol. The van der Waals surface area contributed by atoms with Crippen molar-refractivity contribution < 1.29 is 4.92 Å². The van der Waals surface area contributed by atoms with Crippen molar-refractivity contribution in [1.82, 2.24) is 19.7 Å². The number of anilines is 1. The van der Waals surface area contributed by atoms with Crippen molar-refractivity contribution in [3.8, 4) is 10.8 Å². The summed E-state index contributed by atoms with van der Waals surface area (Å²) in [6.45, 7) is 0. The van der Waals surface area contributed by atoms with E-state index in [2.05, 4.69) is 41.6 Å². The first-order chi connectivity index (χ1) is 11.5. The summed E-state index contributed by atoms with van der Waals surface area (Å²) in [5.74, 6) is 0.269. The van der Waals surface area contributed by atoms with Gasteiger partial charge in [-0.3, -0.25) is 5.43 Å². The first-order valence-electron chi connectivity index (χ1n) is 6.59. The molecule has 0 aliphatic rings. The van der Waals surface area contributed by atoms with Crippen LogP contribution >= 0.6 is 27.3 Å². The molecule has 1 N–H and O–H groups in total. The maximum atomic E-state index is 10.8. The van der Waals surface area contributed by atoms with E-state index in [0.717, 1.165) is 10.0 Å². The maximum absolute atomic E-state index is 10.8. The van der Waals surface area contributed by atoms with E-state index < -0.39 is 4.92 Å². The SMILES string of the molecule is Cn1c([N+](=O)[O-])cnc1-c1nnc(N/N=C/c2cccc(Br)c2)s1. The maximum Gasteiger partial charge on any atom is 0.342 e. The molecule has 3 rings (SSSR count). The molecule has 2 aromatic heterocycles. The summed E-state index contributed by atoms with van der Waals surface area (Å²) in [5, 5.41) is 23.8. The van der Waals surface area contributed by atoms with Crippen molar-refractivity contribution in [2.75, 3.05) is 5.43 Å². The van der Waals surface area contributed by atoms with Crippen molar-refractivity contribution in [3.05, 3.63) is 50.6 Å². The normalized spacial score (nSPS) is 11.1. The third kappa shape index (κ3) is 3.46. The molecular formula is C13H10BrN7O2S. The second-order valence-corrected chi connectivity index (χ2v) is 6.49. The monoisotopic (exact) mass is 407 g/mol. The average molecular weight is 408 g/mol. The number of rotatable bonds is 5. The van der Waals surface area contributed by atoms with E-state index in [4.69, 9.17) is 0 Å². The molecule has 0 fully saturated rings. The lowest BCUT2D eigenvalue weighted by Crippen LogP contribution is -1.98. The minimum Gasteiger partial charge on any atom is -0.358 e. The van der Waals surface area contributed by atoms with Crippen molar-refractivity contribution in [2.24, 2.45) is 12.1 Å². The van der Waals surface area contributed by atoms with Gasteiger partial charge in [0.1, 0.15) is 6.20 Å². The van der Waals surface area contributed by atoms with Gasteiger partial charge in [0.25, 0.3) is 5.82 Å². The lowest BCUT2D eigenvalue weighted by molar-refractivity contribution is -0.391. The predicted octanol–water partition coefficient (Wildman–Crippen LogP) is 3.06. The molecule has 0 radical (unpaired) electrons. The number of imidazole rings is 1. The standard InChI is InChI=1S/C13H10BrN7O2S/c1-20-10(21(22)23)7-15-11(20)12-17-19-13(24-12)18-16-6-8-3-2-4-9(14)5-8/h2-7H,1H3,(H,18,19)/b16-6+. The van der Waals surface area contributed by atoms with Crippen molar-refractivity contribution >= 4 is 44.4 Å². The number of hydrogen-bond acceptors (Lipinski definition) is 8. The largest absolute Gasteiger partial charge is 0.358 e. The van der Waals surface area contributed by atoms with Gasteiger partial charge in [-0.1, -0.05) is 39.4 Å². The molecule has 0 amide bonds. The topological polar surface area (TPSA) is 111 Å². The molecule has 11 heteroatoms. The zero-order valence-corrected chi connectivity index (χ0v) is 14.7. The number of aromatic nitrogens is 4. The summed E-state index contributed by atoms with van der Waals surface area (Å²) >= 11 is 4.59. The third-order valence-corrected chi connectivity index (χ3v) is 4.31. The molecule has 0 bridgehead atoms. The van der Waals surface area contributed by atoms with Crippen LogP contribution in [0.25, 0.3) is 10.8 Å². The van der Waals surface area contributed by atoms with Crippen LogP contribution in [0.3, 0.4) is 0 Å². The number of halogens is 1. The second-order valence-electron chi connectivity index (χ2n) is 4.59. The fourth-order valence-corrected chi connectivity index (χ4v) is 3.02. The minimum atomic E-state index is -0.501. The van der Waals surface area contributed by atoms with E-state index in [0.29, 0.717) is 16.0 Å². The van der Waals surface area contributed by atoms with Crippen LogP contribution in [0.4, 0.5) is 10.9 Å². The van der Waals surface area contributed by atoms with Gasteiger partial charge in [0.05, 0.1) is 13.3 Å². The van der Waals surface area contributed by atoms with Gasteiger partial charge in [-0.2, -0.15) is 5.10 Å². The Hall–Kier alpha value is -2.66. The van der Waals surface area contributed by atoms with Gasteiger partial charge in [-0.15, -0.1) is 10.2 Å². The summed E-state index contributed by atoms with van der Waals surface area (Å²) in [4.78, 5) is 14.4. The molecule has 0 unspecified atom stereocenters. The van der Waals surface area contributed by atoms with Crippen LogP contribution in [-0.2, 0) is 7.05 Å². The molecule has 0 spiro atoms. The molecule has 0 aliphatic heterocycles. The Kier molecular flexibility index (Phi) is 4.62. The molecule has 24 heavy (non-hydrogen) atoms. The van der Waals surface area contributed by atoms with E-state index in [1.165, 1.54) is 22.1 Å². The van der Waals surface area contributed by atoms with Crippen LogP contribution in [0.15, 0.2) is 40.0 Å². The Bertz CT molecular complexity index is 921. The fraction of sp³-hybridized carbons (Fsp3) is 0.0769.